The van der Waals surface area contributed by atoms with Gasteiger partial charge in [0.25, 0.3) is 0 Å². The average Bonchev–Trinajstić information content (AvgIpc) is 2.12. The number of halogens is 2. The number of ether oxygens (including phenoxy) is 1. The van der Waals surface area contributed by atoms with Crippen molar-refractivity contribution in [3.63, 3.8) is 0 Å². The molecule has 1 aromatic heterocycles. The van der Waals surface area contributed by atoms with Gasteiger partial charge in [0.15, 0.2) is 0 Å². The predicted molar refractivity (Wildman–Crippen MR) is 57.6 cm³/mol. The lowest BCUT2D eigenvalue weighted by Crippen LogP contribution is -2.13. The molecular formula is C8H8BrClN2O2. The van der Waals surface area contributed by atoms with E-state index < -0.39 is 6.09 Å². The summed E-state index contributed by atoms with van der Waals surface area (Å²) in [6, 6.07) is 1.65. The van der Waals surface area contributed by atoms with Crippen molar-refractivity contribution >= 4 is 39.3 Å². The van der Waals surface area contributed by atoms with Crippen molar-refractivity contribution in [3.8, 4) is 0 Å². The van der Waals surface area contributed by atoms with E-state index in [-0.39, 0.29) is 0 Å². The molecule has 76 valence electrons. The number of carbonyl (C=O) groups is 1. The van der Waals surface area contributed by atoms with Crippen molar-refractivity contribution in [1.29, 1.82) is 0 Å². The Kier molecular flexibility index (Phi) is 4.16. The molecule has 0 fully saturated rings. The van der Waals surface area contributed by atoms with Crippen LogP contribution in [0.5, 0.6) is 0 Å². The molecule has 1 amide bonds. The molecule has 0 spiro atoms. The van der Waals surface area contributed by atoms with Crippen LogP contribution < -0.4 is 5.32 Å². The molecule has 0 unspecified atom stereocenters. The quantitative estimate of drug-likeness (QED) is 0.847. The maximum atomic E-state index is 11.0. The number of hydrogen-bond acceptors (Lipinski definition) is 3. The Balaban J connectivity index is 2.68. The number of anilines is 1. The Morgan fingerprint density at radius 3 is 3.07 bits per heavy atom. The maximum Gasteiger partial charge on any atom is 0.411 e. The smallest absolute Gasteiger partial charge is 0.411 e. The first kappa shape index (κ1) is 11.3. The molecule has 0 atom stereocenters. The van der Waals surface area contributed by atoms with E-state index in [1.165, 1.54) is 6.20 Å². The molecule has 6 heteroatoms. The Labute approximate surface area is 94.7 Å². The number of nitrogens with zero attached hydrogens (tertiary/aromatic N) is 1. The molecule has 0 aliphatic carbocycles. The zero-order chi connectivity index (χ0) is 10.6. The van der Waals surface area contributed by atoms with E-state index in [1.54, 1.807) is 13.0 Å². The topological polar surface area (TPSA) is 51.2 Å². The summed E-state index contributed by atoms with van der Waals surface area (Å²) in [6.07, 6.45) is 0.938. The molecular weight excluding hydrogens is 271 g/mol. The molecule has 0 aromatic carbocycles. The van der Waals surface area contributed by atoms with Crippen LogP contribution in [0.1, 0.15) is 6.92 Å². The third kappa shape index (κ3) is 3.16. The van der Waals surface area contributed by atoms with E-state index in [0.717, 1.165) is 0 Å². The van der Waals surface area contributed by atoms with Crippen LogP contribution in [0.3, 0.4) is 0 Å². The Bertz CT molecular complexity index is 346. The van der Waals surface area contributed by atoms with E-state index >= 15 is 0 Å². The van der Waals surface area contributed by atoms with E-state index in [1.807, 2.05) is 0 Å². The normalized spacial score (nSPS) is 9.64. The van der Waals surface area contributed by atoms with Crippen LogP contribution in [0.25, 0.3) is 0 Å². The van der Waals surface area contributed by atoms with Gasteiger partial charge in [0, 0.05) is 0 Å². The standard InChI is InChI=1S/C8H8BrClN2O2/c1-2-14-8(13)12-5-3-6(9)7(10)11-4-5/h3-4H,2H2,1H3,(H,12,13). The van der Waals surface area contributed by atoms with Gasteiger partial charge >= 0.3 is 6.09 Å². The fourth-order valence-corrected chi connectivity index (χ4v) is 1.23. The van der Waals surface area contributed by atoms with Crippen molar-refractivity contribution in [2.45, 2.75) is 6.92 Å². The third-order valence-corrected chi connectivity index (χ3v) is 2.45. The van der Waals surface area contributed by atoms with Gasteiger partial charge < -0.3 is 4.74 Å². The first-order valence-electron chi connectivity index (χ1n) is 3.88. The highest BCUT2D eigenvalue weighted by atomic mass is 79.9. The SMILES string of the molecule is CCOC(=O)Nc1cnc(Cl)c(Br)c1. The van der Waals surface area contributed by atoms with Crippen LogP contribution in [0, 0.1) is 0 Å². The summed E-state index contributed by atoms with van der Waals surface area (Å²) >= 11 is 8.86. The van der Waals surface area contributed by atoms with Crippen molar-refractivity contribution in [2.75, 3.05) is 11.9 Å². The minimum Gasteiger partial charge on any atom is -0.450 e. The van der Waals surface area contributed by atoms with E-state index in [2.05, 4.69) is 31.0 Å². The number of rotatable bonds is 2. The highest BCUT2D eigenvalue weighted by Gasteiger charge is 2.04. The second kappa shape index (κ2) is 5.17. The molecule has 1 N–H and O–H groups in total. The van der Waals surface area contributed by atoms with Gasteiger partial charge in [-0.3, -0.25) is 5.32 Å². The summed E-state index contributed by atoms with van der Waals surface area (Å²) in [4.78, 5) is 14.8. The number of nitrogens with one attached hydrogen (secondary N) is 1. The Hall–Kier alpha value is -0.810. The molecule has 1 aromatic rings. The molecule has 0 aliphatic heterocycles. The van der Waals surface area contributed by atoms with E-state index in [0.29, 0.717) is 21.9 Å². The zero-order valence-electron chi connectivity index (χ0n) is 7.38. The van der Waals surface area contributed by atoms with Crippen LogP contribution in [0.4, 0.5) is 10.5 Å². The number of carbonyl (C=O) groups excluding carboxylic acids is 1. The van der Waals surface area contributed by atoms with Crippen molar-refractivity contribution in [1.82, 2.24) is 4.98 Å². The van der Waals surface area contributed by atoms with Crippen LogP contribution in [-0.2, 0) is 4.74 Å². The average molecular weight is 280 g/mol. The number of pyridine rings is 1. The maximum absolute atomic E-state index is 11.0. The highest BCUT2D eigenvalue weighted by molar-refractivity contribution is 9.10. The van der Waals surface area contributed by atoms with Gasteiger partial charge in [0.1, 0.15) is 5.15 Å². The minimum atomic E-state index is -0.511. The fourth-order valence-electron chi connectivity index (χ4n) is 0.775. The van der Waals surface area contributed by atoms with E-state index in [9.17, 15) is 4.79 Å². The molecule has 0 radical (unpaired) electrons. The summed E-state index contributed by atoms with van der Waals surface area (Å²) < 4.78 is 5.31. The van der Waals surface area contributed by atoms with Gasteiger partial charge in [-0.1, -0.05) is 11.6 Å². The summed E-state index contributed by atoms with van der Waals surface area (Å²) in [6.45, 7) is 2.06. The molecule has 0 saturated heterocycles. The van der Waals surface area contributed by atoms with Crippen LogP contribution in [-0.4, -0.2) is 17.7 Å². The van der Waals surface area contributed by atoms with Crippen LogP contribution in [0.15, 0.2) is 16.7 Å². The molecule has 1 rings (SSSR count). The zero-order valence-corrected chi connectivity index (χ0v) is 9.72. The first-order chi connectivity index (χ1) is 6.63. The van der Waals surface area contributed by atoms with Crippen molar-refractivity contribution in [3.05, 3.63) is 21.9 Å². The van der Waals surface area contributed by atoms with Gasteiger partial charge in [-0.25, -0.2) is 9.78 Å². The van der Waals surface area contributed by atoms with Crippen LogP contribution >= 0.6 is 27.5 Å². The number of amides is 1. The molecule has 1 heterocycles. The van der Waals surface area contributed by atoms with Gasteiger partial charge in [-0.15, -0.1) is 0 Å². The lowest BCUT2D eigenvalue weighted by Gasteiger charge is -2.05. The molecule has 4 nitrogen and oxygen atoms in total. The predicted octanol–water partition coefficient (Wildman–Crippen LogP) is 3.07. The summed E-state index contributed by atoms with van der Waals surface area (Å²) in [5.41, 5.74) is 0.528. The molecule has 0 aliphatic rings. The Morgan fingerprint density at radius 1 is 1.79 bits per heavy atom. The lowest BCUT2D eigenvalue weighted by atomic mass is 10.4. The van der Waals surface area contributed by atoms with Gasteiger partial charge in [-0.2, -0.15) is 0 Å². The van der Waals surface area contributed by atoms with Gasteiger partial charge in [0.2, 0.25) is 0 Å². The van der Waals surface area contributed by atoms with Crippen molar-refractivity contribution in [2.24, 2.45) is 0 Å². The first-order valence-corrected chi connectivity index (χ1v) is 5.05. The summed E-state index contributed by atoms with van der Waals surface area (Å²) in [5.74, 6) is 0. The second-order valence-corrected chi connectivity index (χ2v) is 3.55. The Morgan fingerprint density at radius 2 is 2.50 bits per heavy atom. The number of hydrogen-bond donors (Lipinski definition) is 1. The molecule has 14 heavy (non-hydrogen) atoms. The van der Waals surface area contributed by atoms with Crippen LogP contribution in [0.2, 0.25) is 5.15 Å². The lowest BCUT2D eigenvalue weighted by molar-refractivity contribution is 0.168. The molecule has 0 bridgehead atoms. The fraction of sp³-hybridized carbons (Fsp3) is 0.250. The number of aromatic nitrogens is 1. The highest BCUT2D eigenvalue weighted by Crippen LogP contribution is 2.22. The van der Waals surface area contributed by atoms with Crippen molar-refractivity contribution < 1.29 is 9.53 Å². The summed E-state index contributed by atoms with van der Waals surface area (Å²) in [5, 5.41) is 2.85. The third-order valence-electron chi connectivity index (χ3n) is 1.32. The minimum absolute atomic E-state index is 0.327. The second-order valence-electron chi connectivity index (χ2n) is 2.34. The monoisotopic (exact) mass is 278 g/mol. The summed E-state index contributed by atoms with van der Waals surface area (Å²) in [7, 11) is 0. The van der Waals surface area contributed by atoms with Gasteiger partial charge in [-0.05, 0) is 28.9 Å². The molecule has 0 saturated carbocycles. The van der Waals surface area contributed by atoms with E-state index in [4.69, 9.17) is 11.6 Å². The van der Waals surface area contributed by atoms with Gasteiger partial charge in [0.05, 0.1) is 23.0 Å². The largest absolute Gasteiger partial charge is 0.450 e.